The topological polar surface area (TPSA) is 61.4 Å². The molecule has 134 valence electrons. The van der Waals surface area contributed by atoms with Gasteiger partial charge in [-0.15, -0.1) is 10.2 Å². The first-order valence-electron chi connectivity index (χ1n) is 8.76. The number of nitrogens with zero attached hydrogens (tertiary/aromatic N) is 4. The number of carbonyl (C=O) groups is 1. The molecule has 0 radical (unpaired) electrons. The molecule has 25 heavy (non-hydrogen) atoms. The highest BCUT2D eigenvalue weighted by Gasteiger charge is 2.19. The van der Waals surface area contributed by atoms with E-state index in [0.29, 0.717) is 13.1 Å². The number of hydrogen-bond donors (Lipinski definition) is 1. The summed E-state index contributed by atoms with van der Waals surface area (Å²) in [6.45, 7) is 8.80. The molecule has 0 bridgehead atoms. The minimum atomic E-state index is 0.0530. The van der Waals surface area contributed by atoms with E-state index in [4.69, 9.17) is 0 Å². The van der Waals surface area contributed by atoms with Crippen LogP contribution in [0.25, 0.3) is 0 Å². The van der Waals surface area contributed by atoms with Crippen LogP contribution in [0.15, 0.2) is 24.3 Å². The highest BCUT2D eigenvalue weighted by molar-refractivity contribution is 7.11. The van der Waals surface area contributed by atoms with Crippen LogP contribution in [-0.2, 0) is 17.8 Å². The Kier molecular flexibility index (Phi) is 5.99. The van der Waals surface area contributed by atoms with Crippen molar-refractivity contribution in [1.29, 1.82) is 0 Å². The first-order valence-corrected chi connectivity index (χ1v) is 9.57. The molecule has 0 saturated carbocycles. The minimum Gasteiger partial charge on any atom is -0.369 e. The van der Waals surface area contributed by atoms with Gasteiger partial charge in [-0.25, -0.2) is 0 Å². The fraction of sp³-hybridized carbons (Fsp3) is 0.500. The Bertz CT molecular complexity index is 709. The standard InChI is InChI=1S/C18H25N5OS/c1-3-17-20-21-18(25-17)12-19-16(24)13-22-7-9-23(10-8-22)15-6-4-5-14(2)11-15/h4-6,11H,3,7-10,12-13H2,1-2H3,(H,19,24). The van der Waals surface area contributed by atoms with E-state index in [1.807, 2.05) is 0 Å². The van der Waals surface area contributed by atoms with Gasteiger partial charge in [0.05, 0.1) is 13.1 Å². The average Bonchev–Trinajstić information content (AvgIpc) is 3.09. The molecule has 7 heteroatoms. The van der Waals surface area contributed by atoms with Gasteiger partial charge in [0, 0.05) is 31.9 Å². The number of rotatable bonds is 6. The maximum Gasteiger partial charge on any atom is 0.234 e. The summed E-state index contributed by atoms with van der Waals surface area (Å²) < 4.78 is 0. The minimum absolute atomic E-state index is 0.0530. The predicted octanol–water partition coefficient (Wildman–Crippen LogP) is 1.85. The lowest BCUT2D eigenvalue weighted by Gasteiger charge is -2.35. The van der Waals surface area contributed by atoms with Gasteiger partial charge in [-0.2, -0.15) is 0 Å². The molecule has 1 aromatic heterocycles. The van der Waals surface area contributed by atoms with E-state index in [9.17, 15) is 4.79 Å². The fourth-order valence-electron chi connectivity index (χ4n) is 2.92. The summed E-state index contributed by atoms with van der Waals surface area (Å²) in [4.78, 5) is 16.7. The molecule has 1 fully saturated rings. The third-order valence-electron chi connectivity index (χ3n) is 4.35. The summed E-state index contributed by atoms with van der Waals surface area (Å²) in [5, 5.41) is 13.0. The first kappa shape index (κ1) is 17.8. The molecule has 1 aromatic carbocycles. The zero-order chi connectivity index (χ0) is 17.6. The molecule has 1 amide bonds. The van der Waals surface area contributed by atoms with Crippen molar-refractivity contribution in [2.24, 2.45) is 0 Å². The van der Waals surface area contributed by atoms with Crippen LogP contribution in [0.1, 0.15) is 22.5 Å². The van der Waals surface area contributed by atoms with Crippen LogP contribution >= 0.6 is 11.3 Å². The molecular weight excluding hydrogens is 334 g/mol. The van der Waals surface area contributed by atoms with Gasteiger partial charge in [-0.05, 0) is 31.0 Å². The number of aromatic nitrogens is 2. The highest BCUT2D eigenvalue weighted by Crippen LogP contribution is 2.17. The summed E-state index contributed by atoms with van der Waals surface area (Å²) >= 11 is 1.56. The smallest absolute Gasteiger partial charge is 0.234 e. The maximum atomic E-state index is 12.1. The van der Waals surface area contributed by atoms with Crippen molar-refractivity contribution in [2.45, 2.75) is 26.8 Å². The lowest BCUT2D eigenvalue weighted by molar-refractivity contribution is -0.122. The Balaban J connectivity index is 1.41. The second-order valence-electron chi connectivity index (χ2n) is 6.32. The summed E-state index contributed by atoms with van der Waals surface area (Å²) in [5.41, 5.74) is 2.55. The van der Waals surface area contributed by atoms with Gasteiger partial charge in [0.25, 0.3) is 0 Å². The molecule has 1 saturated heterocycles. The van der Waals surface area contributed by atoms with E-state index >= 15 is 0 Å². The first-order chi connectivity index (χ1) is 12.1. The van der Waals surface area contributed by atoms with Gasteiger partial charge in [-0.3, -0.25) is 9.69 Å². The van der Waals surface area contributed by atoms with Gasteiger partial charge in [-0.1, -0.05) is 30.4 Å². The van der Waals surface area contributed by atoms with Crippen LogP contribution < -0.4 is 10.2 Å². The fourth-order valence-corrected chi connectivity index (χ4v) is 3.65. The number of nitrogens with one attached hydrogen (secondary N) is 1. The molecule has 2 aromatic rings. The van der Waals surface area contributed by atoms with Crippen LogP contribution in [-0.4, -0.2) is 53.7 Å². The summed E-state index contributed by atoms with van der Waals surface area (Å²) in [5.74, 6) is 0.0530. The predicted molar refractivity (Wildman–Crippen MR) is 101 cm³/mol. The number of hydrogen-bond acceptors (Lipinski definition) is 6. The lowest BCUT2D eigenvalue weighted by atomic mass is 10.2. The molecule has 6 nitrogen and oxygen atoms in total. The van der Waals surface area contributed by atoms with Crippen molar-refractivity contribution in [3.8, 4) is 0 Å². The summed E-state index contributed by atoms with van der Waals surface area (Å²) in [6.07, 6.45) is 0.886. The largest absolute Gasteiger partial charge is 0.369 e. The summed E-state index contributed by atoms with van der Waals surface area (Å²) in [7, 11) is 0. The third kappa shape index (κ3) is 4.99. The van der Waals surface area contributed by atoms with Gasteiger partial charge < -0.3 is 10.2 Å². The van der Waals surface area contributed by atoms with E-state index in [-0.39, 0.29) is 5.91 Å². The number of anilines is 1. The number of amides is 1. The van der Waals surface area contributed by atoms with Crippen molar-refractivity contribution < 1.29 is 4.79 Å². The van der Waals surface area contributed by atoms with E-state index in [1.54, 1.807) is 11.3 Å². The monoisotopic (exact) mass is 359 g/mol. The number of carbonyl (C=O) groups excluding carboxylic acids is 1. The maximum absolute atomic E-state index is 12.1. The number of benzene rings is 1. The Morgan fingerprint density at radius 2 is 1.96 bits per heavy atom. The van der Waals surface area contributed by atoms with Crippen molar-refractivity contribution in [3.05, 3.63) is 39.8 Å². The van der Waals surface area contributed by atoms with E-state index in [1.165, 1.54) is 11.3 Å². The van der Waals surface area contributed by atoms with E-state index in [0.717, 1.165) is 42.6 Å². The quantitative estimate of drug-likeness (QED) is 0.853. The molecule has 1 N–H and O–H groups in total. The van der Waals surface area contributed by atoms with Crippen LogP contribution in [0.2, 0.25) is 0 Å². The molecule has 1 aliphatic rings. The molecule has 0 unspecified atom stereocenters. The van der Waals surface area contributed by atoms with E-state index in [2.05, 4.69) is 63.4 Å². The second kappa shape index (κ2) is 8.40. The molecule has 0 aliphatic carbocycles. The van der Waals surface area contributed by atoms with Crippen molar-refractivity contribution in [1.82, 2.24) is 20.4 Å². The third-order valence-corrected chi connectivity index (χ3v) is 5.42. The molecule has 0 spiro atoms. The molecule has 1 aliphatic heterocycles. The van der Waals surface area contributed by atoms with Crippen molar-refractivity contribution >= 4 is 22.9 Å². The molecular formula is C18H25N5OS. The zero-order valence-electron chi connectivity index (χ0n) is 14.9. The number of piperazine rings is 1. The second-order valence-corrected chi connectivity index (χ2v) is 7.47. The lowest BCUT2D eigenvalue weighted by Crippen LogP contribution is -2.49. The highest BCUT2D eigenvalue weighted by atomic mass is 32.1. The Labute approximate surface area is 152 Å². The molecule has 3 rings (SSSR count). The van der Waals surface area contributed by atoms with Crippen LogP contribution in [0.5, 0.6) is 0 Å². The van der Waals surface area contributed by atoms with Gasteiger partial charge in [0.15, 0.2) is 0 Å². The van der Waals surface area contributed by atoms with Crippen molar-refractivity contribution in [2.75, 3.05) is 37.6 Å². The normalized spacial score (nSPS) is 15.4. The Morgan fingerprint density at radius 3 is 2.64 bits per heavy atom. The SMILES string of the molecule is CCc1nnc(CNC(=O)CN2CCN(c3cccc(C)c3)CC2)s1. The van der Waals surface area contributed by atoms with Gasteiger partial charge in [0.1, 0.15) is 10.0 Å². The van der Waals surface area contributed by atoms with Gasteiger partial charge in [0.2, 0.25) is 5.91 Å². The van der Waals surface area contributed by atoms with Crippen LogP contribution in [0.4, 0.5) is 5.69 Å². The van der Waals surface area contributed by atoms with E-state index < -0.39 is 0 Å². The zero-order valence-corrected chi connectivity index (χ0v) is 15.7. The molecule has 2 heterocycles. The number of aryl methyl sites for hydroxylation is 2. The van der Waals surface area contributed by atoms with Crippen LogP contribution in [0, 0.1) is 6.92 Å². The van der Waals surface area contributed by atoms with Gasteiger partial charge >= 0.3 is 0 Å². The Hall–Kier alpha value is -1.99. The Morgan fingerprint density at radius 1 is 1.20 bits per heavy atom. The molecule has 0 atom stereocenters. The average molecular weight is 359 g/mol. The summed E-state index contributed by atoms with van der Waals surface area (Å²) in [6, 6.07) is 8.59. The van der Waals surface area contributed by atoms with Crippen LogP contribution in [0.3, 0.4) is 0 Å². The van der Waals surface area contributed by atoms with Crippen molar-refractivity contribution in [3.63, 3.8) is 0 Å².